The van der Waals surface area contributed by atoms with Gasteiger partial charge in [0.1, 0.15) is 18.4 Å². The fourth-order valence-corrected chi connectivity index (χ4v) is 4.31. The molecule has 2 aromatic carbocycles. The highest BCUT2D eigenvalue weighted by Gasteiger charge is 2.40. The molecule has 1 fully saturated rings. The van der Waals surface area contributed by atoms with Crippen LogP contribution >= 0.6 is 15.9 Å². The number of rotatable bonds is 3. The normalized spacial score (nSPS) is 18.8. The van der Waals surface area contributed by atoms with Gasteiger partial charge in [-0.1, -0.05) is 12.1 Å². The minimum Gasteiger partial charge on any atom is -0.327 e. The molecule has 0 spiro atoms. The molecule has 0 bridgehead atoms. The number of carbonyl (C=O) groups excluding carboxylic acids is 3. The molecule has 8 heteroatoms. The van der Waals surface area contributed by atoms with Crippen LogP contribution in [0.15, 0.2) is 46.9 Å². The van der Waals surface area contributed by atoms with E-state index in [0.717, 1.165) is 12.8 Å². The third-order valence-corrected chi connectivity index (χ3v) is 5.90. The van der Waals surface area contributed by atoms with E-state index in [1.807, 2.05) is 0 Å². The van der Waals surface area contributed by atoms with Crippen LogP contribution in [0.1, 0.15) is 29.6 Å². The molecule has 1 saturated heterocycles. The Morgan fingerprint density at radius 1 is 1.17 bits per heavy atom. The molecule has 2 aliphatic heterocycles. The summed E-state index contributed by atoms with van der Waals surface area (Å²) in [6, 6.07) is 10.2. The lowest BCUT2D eigenvalue weighted by atomic mass is 10.0. The molecule has 3 amide bonds. The van der Waals surface area contributed by atoms with Gasteiger partial charge in [0.2, 0.25) is 11.8 Å². The van der Waals surface area contributed by atoms with Gasteiger partial charge in [-0.15, -0.1) is 0 Å². The van der Waals surface area contributed by atoms with Gasteiger partial charge < -0.3 is 15.1 Å². The van der Waals surface area contributed by atoms with Gasteiger partial charge >= 0.3 is 0 Å². The Labute approximate surface area is 175 Å². The van der Waals surface area contributed by atoms with Crippen LogP contribution in [-0.2, 0) is 9.59 Å². The summed E-state index contributed by atoms with van der Waals surface area (Å²) in [5.41, 5.74) is 1.26. The molecule has 1 unspecified atom stereocenters. The first kappa shape index (κ1) is 19.6. The number of anilines is 2. The molecule has 2 heterocycles. The first-order valence-electron chi connectivity index (χ1n) is 9.42. The second-order valence-electron chi connectivity index (χ2n) is 7.12. The van der Waals surface area contributed by atoms with Gasteiger partial charge in [-0.25, -0.2) is 4.39 Å². The summed E-state index contributed by atoms with van der Waals surface area (Å²) in [6.45, 7) is 0.295. The largest absolute Gasteiger partial charge is 0.327 e. The smallest absolute Gasteiger partial charge is 0.256 e. The number of piperidine rings is 1. The van der Waals surface area contributed by atoms with E-state index >= 15 is 0 Å². The van der Waals surface area contributed by atoms with E-state index in [1.54, 1.807) is 29.2 Å². The standard InChI is InChI=1S/C21H19BrFN3O3/c22-15-11-13(23)8-9-16(15)24-19(27)12-26-17-6-2-1-5-14(17)20(28)25-10-4-3-7-18(25)21(26)29/h1-2,5-6,8-9,11,18H,3-4,7,10,12H2,(H,24,27). The van der Waals surface area contributed by atoms with Gasteiger partial charge in [0.25, 0.3) is 5.91 Å². The Bertz CT molecular complexity index is 997. The molecule has 1 atom stereocenters. The Morgan fingerprint density at radius 3 is 2.76 bits per heavy atom. The minimum atomic E-state index is -0.561. The zero-order valence-corrected chi connectivity index (χ0v) is 17.1. The summed E-state index contributed by atoms with van der Waals surface area (Å²) in [6.07, 6.45) is 2.30. The highest BCUT2D eigenvalue weighted by molar-refractivity contribution is 9.10. The summed E-state index contributed by atoms with van der Waals surface area (Å²) < 4.78 is 13.7. The van der Waals surface area contributed by atoms with Gasteiger partial charge in [0.05, 0.1) is 16.9 Å². The van der Waals surface area contributed by atoms with Crippen molar-refractivity contribution in [2.75, 3.05) is 23.3 Å². The second-order valence-corrected chi connectivity index (χ2v) is 7.98. The number of nitrogens with one attached hydrogen (secondary N) is 1. The van der Waals surface area contributed by atoms with Crippen molar-refractivity contribution >= 4 is 45.0 Å². The van der Waals surface area contributed by atoms with Crippen LogP contribution in [0.4, 0.5) is 15.8 Å². The first-order valence-corrected chi connectivity index (χ1v) is 10.2. The fraction of sp³-hybridized carbons (Fsp3) is 0.286. The van der Waals surface area contributed by atoms with Crippen molar-refractivity contribution in [3.8, 4) is 0 Å². The highest BCUT2D eigenvalue weighted by Crippen LogP contribution is 2.32. The Balaban J connectivity index is 1.64. The maximum absolute atomic E-state index is 13.3. The molecule has 2 aliphatic rings. The van der Waals surface area contributed by atoms with Crippen LogP contribution < -0.4 is 10.2 Å². The molecule has 150 valence electrons. The third kappa shape index (κ3) is 3.76. The summed E-state index contributed by atoms with van der Waals surface area (Å²) in [7, 11) is 0. The molecule has 29 heavy (non-hydrogen) atoms. The molecular formula is C21H19BrFN3O3. The van der Waals surface area contributed by atoms with Crippen molar-refractivity contribution in [3.05, 3.63) is 58.3 Å². The lowest BCUT2D eigenvalue weighted by Crippen LogP contribution is -2.52. The number of benzene rings is 2. The van der Waals surface area contributed by atoms with Crippen LogP contribution in [0.2, 0.25) is 0 Å². The van der Waals surface area contributed by atoms with Gasteiger partial charge in [0, 0.05) is 11.0 Å². The maximum atomic E-state index is 13.3. The number of para-hydroxylation sites is 1. The average molecular weight is 460 g/mol. The van der Waals surface area contributed by atoms with Crippen LogP contribution in [0.25, 0.3) is 0 Å². The molecule has 4 rings (SSSR count). The molecule has 0 aromatic heterocycles. The molecule has 6 nitrogen and oxygen atoms in total. The number of hydrogen-bond acceptors (Lipinski definition) is 3. The highest BCUT2D eigenvalue weighted by atomic mass is 79.9. The predicted octanol–water partition coefficient (Wildman–Crippen LogP) is 3.57. The second kappa shape index (κ2) is 7.94. The SMILES string of the molecule is O=C(CN1C(=O)C2CCCCN2C(=O)c2ccccc21)Nc1ccc(F)cc1Br. The summed E-state index contributed by atoms with van der Waals surface area (Å²) in [5.74, 6) is -1.29. The lowest BCUT2D eigenvalue weighted by molar-refractivity contribution is -0.125. The molecule has 0 radical (unpaired) electrons. The van der Waals surface area contributed by atoms with Gasteiger partial charge in [0.15, 0.2) is 0 Å². The Hall–Kier alpha value is -2.74. The van der Waals surface area contributed by atoms with Crippen LogP contribution in [0.5, 0.6) is 0 Å². The van der Waals surface area contributed by atoms with E-state index in [1.165, 1.54) is 23.1 Å². The number of nitrogens with zero attached hydrogens (tertiary/aromatic N) is 2. The topological polar surface area (TPSA) is 69.7 Å². The van der Waals surface area contributed by atoms with E-state index in [0.29, 0.717) is 34.4 Å². The van der Waals surface area contributed by atoms with Crippen LogP contribution in [0, 0.1) is 5.82 Å². The van der Waals surface area contributed by atoms with Crippen LogP contribution in [0.3, 0.4) is 0 Å². The van der Waals surface area contributed by atoms with Crippen molar-refractivity contribution in [2.45, 2.75) is 25.3 Å². The molecule has 0 saturated carbocycles. The van der Waals surface area contributed by atoms with E-state index < -0.39 is 17.8 Å². The number of hydrogen-bond donors (Lipinski definition) is 1. The quantitative estimate of drug-likeness (QED) is 0.762. The molecular weight excluding hydrogens is 441 g/mol. The van der Waals surface area contributed by atoms with Gasteiger partial charge in [-0.05, 0) is 65.5 Å². The van der Waals surface area contributed by atoms with Crippen molar-refractivity contribution in [1.82, 2.24) is 4.90 Å². The van der Waals surface area contributed by atoms with E-state index in [-0.39, 0.29) is 18.4 Å². The van der Waals surface area contributed by atoms with E-state index in [2.05, 4.69) is 21.2 Å². The number of halogens is 2. The molecule has 0 aliphatic carbocycles. The van der Waals surface area contributed by atoms with Crippen LogP contribution in [-0.4, -0.2) is 41.8 Å². The third-order valence-electron chi connectivity index (χ3n) is 5.25. The van der Waals surface area contributed by atoms with Crippen molar-refractivity contribution < 1.29 is 18.8 Å². The minimum absolute atomic E-state index is 0.178. The van der Waals surface area contributed by atoms with Gasteiger partial charge in [-0.2, -0.15) is 0 Å². The Kier molecular flexibility index (Phi) is 5.36. The number of amides is 3. The average Bonchev–Trinajstić information content (AvgIpc) is 2.80. The summed E-state index contributed by atoms with van der Waals surface area (Å²) >= 11 is 3.22. The maximum Gasteiger partial charge on any atom is 0.256 e. The van der Waals surface area contributed by atoms with Crippen molar-refractivity contribution in [2.24, 2.45) is 0 Å². The van der Waals surface area contributed by atoms with E-state index in [9.17, 15) is 18.8 Å². The monoisotopic (exact) mass is 459 g/mol. The lowest BCUT2D eigenvalue weighted by Gasteiger charge is -2.34. The molecule has 1 N–H and O–H groups in total. The summed E-state index contributed by atoms with van der Waals surface area (Å²) in [5, 5.41) is 2.69. The first-order chi connectivity index (χ1) is 14.0. The zero-order chi connectivity index (χ0) is 20.5. The van der Waals surface area contributed by atoms with Crippen molar-refractivity contribution in [1.29, 1.82) is 0 Å². The van der Waals surface area contributed by atoms with Crippen molar-refractivity contribution in [3.63, 3.8) is 0 Å². The predicted molar refractivity (Wildman–Crippen MR) is 110 cm³/mol. The number of fused-ring (bicyclic) bond motifs is 2. The molecule has 2 aromatic rings. The van der Waals surface area contributed by atoms with E-state index in [4.69, 9.17) is 0 Å². The number of carbonyl (C=O) groups is 3. The fourth-order valence-electron chi connectivity index (χ4n) is 3.86. The van der Waals surface area contributed by atoms with Gasteiger partial charge in [-0.3, -0.25) is 14.4 Å². The Morgan fingerprint density at radius 2 is 1.97 bits per heavy atom. The zero-order valence-electron chi connectivity index (χ0n) is 15.5. The summed E-state index contributed by atoms with van der Waals surface area (Å²) in [4.78, 5) is 42.0.